The molecule has 1 heterocycles. The number of nitrogens with zero attached hydrogens (tertiary/aromatic N) is 2. The number of benzene rings is 1. The molecular weight excluding hydrogens is 251 g/mol. The van der Waals surface area contributed by atoms with E-state index in [9.17, 15) is 9.59 Å². The quantitative estimate of drug-likeness (QED) is 0.718. The van der Waals surface area contributed by atoms with Crippen molar-refractivity contribution in [3.63, 3.8) is 0 Å². The van der Waals surface area contributed by atoms with E-state index in [1.165, 1.54) is 0 Å². The predicted molar refractivity (Wildman–Crippen MR) is 77.0 cm³/mol. The molecule has 1 saturated heterocycles. The second-order valence-corrected chi connectivity index (χ2v) is 5.67. The van der Waals surface area contributed by atoms with Crippen LogP contribution in [0.3, 0.4) is 0 Å². The Morgan fingerprint density at radius 3 is 2.70 bits per heavy atom. The van der Waals surface area contributed by atoms with Gasteiger partial charge in [-0.05, 0) is 24.8 Å². The van der Waals surface area contributed by atoms with Crippen molar-refractivity contribution >= 4 is 25.1 Å². The average Bonchev–Trinajstić information content (AvgIpc) is 3.25. The molecular formula is C15H17BN2O2. The zero-order chi connectivity index (χ0) is 14.3. The molecule has 1 aromatic rings. The van der Waals surface area contributed by atoms with Crippen LogP contribution in [0, 0.1) is 5.92 Å². The van der Waals surface area contributed by atoms with Crippen LogP contribution in [-0.4, -0.2) is 55.6 Å². The number of piperazine rings is 1. The molecule has 3 rings (SSSR count). The molecule has 1 atom stereocenters. The van der Waals surface area contributed by atoms with Crippen molar-refractivity contribution < 1.29 is 9.59 Å². The van der Waals surface area contributed by atoms with Gasteiger partial charge in [0, 0.05) is 25.7 Å². The van der Waals surface area contributed by atoms with Gasteiger partial charge in [0.1, 0.15) is 13.9 Å². The number of hydrogen-bond acceptors (Lipinski definition) is 2. The smallest absolute Gasteiger partial charge is 0.254 e. The summed E-state index contributed by atoms with van der Waals surface area (Å²) in [6.45, 7) is 1.19. The summed E-state index contributed by atoms with van der Waals surface area (Å²) in [5.74, 6) is 0.307. The van der Waals surface area contributed by atoms with Gasteiger partial charge in [-0.3, -0.25) is 9.59 Å². The first-order chi connectivity index (χ1) is 9.58. The topological polar surface area (TPSA) is 40.6 Å². The Morgan fingerprint density at radius 2 is 2.05 bits per heavy atom. The molecule has 0 bridgehead atoms. The van der Waals surface area contributed by atoms with Crippen LogP contribution in [-0.2, 0) is 4.79 Å². The third-order valence-electron chi connectivity index (χ3n) is 4.10. The summed E-state index contributed by atoms with van der Waals surface area (Å²) in [6.07, 6.45) is 2.07. The van der Waals surface area contributed by atoms with Crippen LogP contribution in [0.1, 0.15) is 23.2 Å². The molecule has 4 nitrogen and oxygen atoms in total. The van der Waals surface area contributed by atoms with Gasteiger partial charge in [-0.15, -0.1) is 0 Å². The van der Waals surface area contributed by atoms with Crippen LogP contribution in [0.4, 0.5) is 0 Å². The third kappa shape index (κ3) is 2.32. The van der Waals surface area contributed by atoms with E-state index in [2.05, 4.69) is 0 Å². The summed E-state index contributed by atoms with van der Waals surface area (Å²) in [5.41, 5.74) is 1.13. The third-order valence-corrected chi connectivity index (χ3v) is 4.10. The highest BCUT2D eigenvalue weighted by molar-refractivity contribution is 6.32. The van der Waals surface area contributed by atoms with Gasteiger partial charge >= 0.3 is 0 Å². The Morgan fingerprint density at radius 1 is 1.30 bits per heavy atom. The fourth-order valence-electron chi connectivity index (χ4n) is 2.80. The van der Waals surface area contributed by atoms with Crippen molar-refractivity contribution in [2.45, 2.75) is 18.9 Å². The summed E-state index contributed by atoms with van der Waals surface area (Å²) in [7, 11) is 7.54. The minimum atomic E-state index is -0.289. The predicted octanol–water partition coefficient (Wildman–Crippen LogP) is 0.173. The largest absolute Gasteiger partial charge is 0.342 e. The van der Waals surface area contributed by atoms with Crippen molar-refractivity contribution in [3.8, 4) is 0 Å². The minimum Gasteiger partial charge on any atom is -0.342 e. The normalized spacial score (nSPS) is 23.1. The molecule has 20 heavy (non-hydrogen) atoms. The van der Waals surface area contributed by atoms with Gasteiger partial charge in [0.05, 0.1) is 0 Å². The number of hydrogen-bond donors (Lipinski definition) is 0. The van der Waals surface area contributed by atoms with Gasteiger partial charge in [-0.2, -0.15) is 0 Å². The van der Waals surface area contributed by atoms with E-state index in [1.54, 1.807) is 41.1 Å². The Labute approximate surface area is 120 Å². The van der Waals surface area contributed by atoms with Crippen LogP contribution in [0.2, 0.25) is 0 Å². The maximum Gasteiger partial charge on any atom is 0.254 e. The molecule has 0 aromatic heterocycles. The van der Waals surface area contributed by atoms with Crippen LogP contribution in [0.5, 0.6) is 0 Å². The van der Waals surface area contributed by atoms with Crippen molar-refractivity contribution in [2.75, 3.05) is 20.1 Å². The van der Waals surface area contributed by atoms with E-state index in [-0.39, 0.29) is 17.9 Å². The summed E-state index contributed by atoms with van der Waals surface area (Å²) in [6, 6.07) is 6.67. The van der Waals surface area contributed by atoms with Crippen molar-refractivity contribution in [1.82, 2.24) is 9.80 Å². The number of carbonyl (C=O) groups excluding carboxylic acids is 2. The maximum absolute atomic E-state index is 12.6. The highest BCUT2D eigenvalue weighted by Gasteiger charge is 2.45. The molecule has 102 valence electrons. The SMILES string of the molecule is [B]c1cccc(C(=O)N2CCN(C)C(=O)C2C2CC2)c1. The van der Waals surface area contributed by atoms with Gasteiger partial charge in [0.25, 0.3) is 5.91 Å². The van der Waals surface area contributed by atoms with Crippen LogP contribution in [0.25, 0.3) is 0 Å². The van der Waals surface area contributed by atoms with Crippen molar-refractivity contribution in [1.29, 1.82) is 0 Å². The Bertz CT molecular complexity index is 557. The molecule has 1 unspecified atom stereocenters. The van der Waals surface area contributed by atoms with Gasteiger partial charge < -0.3 is 9.80 Å². The molecule has 1 saturated carbocycles. The zero-order valence-electron chi connectivity index (χ0n) is 11.6. The maximum atomic E-state index is 12.6. The van der Waals surface area contributed by atoms with Gasteiger partial charge in [0.15, 0.2) is 0 Å². The summed E-state index contributed by atoms with van der Waals surface area (Å²) >= 11 is 0. The van der Waals surface area contributed by atoms with E-state index < -0.39 is 0 Å². The lowest BCUT2D eigenvalue weighted by Crippen LogP contribution is -2.58. The fraction of sp³-hybridized carbons (Fsp3) is 0.467. The number of carbonyl (C=O) groups is 2. The van der Waals surface area contributed by atoms with Crippen molar-refractivity contribution in [3.05, 3.63) is 29.8 Å². The lowest BCUT2D eigenvalue weighted by Gasteiger charge is -2.39. The summed E-state index contributed by atoms with van der Waals surface area (Å²) < 4.78 is 0. The van der Waals surface area contributed by atoms with E-state index in [0.717, 1.165) is 12.8 Å². The molecule has 1 aliphatic carbocycles. The molecule has 1 aliphatic heterocycles. The van der Waals surface area contributed by atoms with Gasteiger partial charge in [-0.1, -0.05) is 23.7 Å². The van der Waals surface area contributed by atoms with Gasteiger partial charge in [-0.25, -0.2) is 0 Å². The van der Waals surface area contributed by atoms with E-state index >= 15 is 0 Å². The Hall–Kier alpha value is -1.78. The first-order valence-electron chi connectivity index (χ1n) is 6.99. The molecule has 2 aliphatic rings. The van der Waals surface area contributed by atoms with Crippen molar-refractivity contribution in [2.24, 2.45) is 5.92 Å². The highest BCUT2D eigenvalue weighted by Crippen LogP contribution is 2.37. The Balaban J connectivity index is 1.87. The molecule has 2 amide bonds. The monoisotopic (exact) mass is 268 g/mol. The summed E-state index contributed by atoms with van der Waals surface area (Å²) in [5, 5.41) is 0. The minimum absolute atomic E-state index is 0.0657. The fourth-order valence-corrected chi connectivity index (χ4v) is 2.80. The number of rotatable bonds is 2. The molecule has 0 spiro atoms. The second kappa shape index (κ2) is 4.96. The number of amides is 2. The van der Waals surface area contributed by atoms with Crippen LogP contribution >= 0.6 is 0 Å². The Kier molecular flexibility index (Phi) is 3.28. The van der Waals surface area contributed by atoms with E-state index in [1.807, 2.05) is 0 Å². The number of likely N-dealkylation sites (N-methyl/N-ethyl adjacent to an activating group) is 1. The summed E-state index contributed by atoms with van der Waals surface area (Å²) in [4.78, 5) is 28.4. The first-order valence-corrected chi connectivity index (χ1v) is 6.99. The molecule has 1 aromatic carbocycles. The van der Waals surface area contributed by atoms with Crippen LogP contribution in [0.15, 0.2) is 24.3 Å². The highest BCUT2D eigenvalue weighted by atomic mass is 16.2. The average molecular weight is 268 g/mol. The van der Waals surface area contributed by atoms with Crippen LogP contribution < -0.4 is 5.46 Å². The molecule has 2 radical (unpaired) electrons. The lowest BCUT2D eigenvalue weighted by molar-refractivity contribution is -0.139. The first kappa shape index (κ1) is 13.2. The van der Waals surface area contributed by atoms with Gasteiger partial charge in [0.2, 0.25) is 5.91 Å². The molecule has 5 heteroatoms. The standard InChI is InChI=1S/C15H17BN2O2/c1-17-7-8-18(13(15(17)20)10-5-6-10)14(19)11-3-2-4-12(16)9-11/h2-4,9-10,13H,5-8H2,1H3. The molecule has 0 N–H and O–H groups in total. The van der Waals surface area contributed by atoms with E-state index in [0.29, 0.717) is 30.0 Å². The second-order valence-electron chi connectivity index (χ2n) is 5.67. The lowest BCUT2D eigenvalue weighted by atomic mass is 9.94. The zero-order valence-corrected chi connectivity index (χ0v) is 11.6. The molecule has 2 fully saturated rings. The van der Waals surface area contributed by atoms with E-state index in [4.69, 9.17) is 7.85 Å².